The van der Waals surface area contributed by atoms with E-state index in [4.69, 9.17) is 10.4 Å². The minimum Gasteiger partial charge on any atom is -0.481 e. The predicted molar refractivity (Wildman–Crippen MR) is 50.7 cm³/mol. The lowest BCUT2D eigenvalue weighted by atomic mass is 9.86. The van der Waals surface area contributed by atoms with Gasteiger partial charge in [0.05, 0.1) is 18.0 Å². The molecule has 0 saturated carbocycles. The van der Waals surface area contributed by atoms with E-state index in [0.717, 1.165) is 0 Å². The number of carboxylic acid groups (broad SMARTS) is 1. The molecule has 14 heavy (non-hydrogen) atoms. The van der Waals surface area contributed by atoms with Crippen molar-refractivity contribution < 1.29 is 9.90 Å². The van der Waals surface area contributed by atoms with E-state index in [9.17, 15) is 4.79 Å². The Morgan fingerprint density at radius 3 is 2.71 bits per heavy atom. The molecule has 0 aliphatic carbocycles. The average Bonchev–Trinajstić information content (AvgIpc) is 2.07. The van der Waals surface area contributed by atoms with E-state index in [1.54, 1.807) is 0 Å². The van der Waals surface area contributed by atoms with E-state index >= 15 is 0 Å². The molecular weight excluding hydrogens is 182 g/mol. The van der Waals surface area contributed by atoms with Crippen molar-refractivity contribution in [2.24, 2.45) is 0 Å². The molecule has 1 fully saturated rings. The summed E-state index contributed by atoms with van der Waals surface area (Å²) in [6, 6.07) is 2.06. The van der Waals surface area contributed by atoms with Gasteiger partial charge in [0.25, 0.3) is 0 Å². The third-order valence-electron chi connectivity index (χ3n) is 2.76. The van der Waals surface area contributed by atoms with Crippen LogP contribution in [-0.4, -0.2) is 48.2 Å². The van der Waals surface area contributed by atoms with Crippen LogP contribution in [0.25, 0.3) is 0 Å². The standard InChI is InChI=1S/C9H15N3O2/c1-12(4-2-3-10)9(5-8(13)14)6-11-7-9/h11H,2,4-7H2,1H3,(H,13,14). The SMILES string of the molecule is CN(CCC#N)C1(CC(=O)O)CNC1. The average molecular weight is 197 g/mol. The lowest BCUT2D eigenvalue weighted by Gasteiger charge is -2.48. The van der Waals surface area contributed by atoms with Gasteiger partial charge in [-0.05, 0) is 7.05 Å². The van der Waals surface area contributed by atoms with Gasteiger partial charge in [0, 0.05) is 26.1 Å². The summed E-state index contributed by atoms with van der Waals surface area (Å²) in [5.41, 5.74) is -0.275. The lowest BCUT2D eigenvalue weighted by molar-refractivity contribution is -0.141. The maximum atomic E-state index is 10.7. The quantitative estimate of drug-likeness (QED) is 0.630. The van der Waals surface area contributed by atoms with Crippen molar-refractivity contribution in [2.75, 3.05) is 26.7 Å². The van der Waals surface area contributed by atoms with Crippen molar-refractivity contribution in [2.45, 2.75) is 18.4 Å². The molecular formula is C9H15N3O2. The molecule has 0 aromatic heterocycles. The molecule has 5 nitrogen and oxygen atoms in total. The molecule has 0 amide bonds. The maximum absolute atomic E-state index is 10.7. The van der Waals surface area contributed by atoms with Gasteiger partial charge in [-0.3, -0.25) is 9.69 Å². The number of hydrogen-bond acceptors (Lipinski definition) is 4. The molecule has 1 rings (SSSR count). The Balaban J connectivity index is 2.51. The van der Waals surface area contributed by atoms with Gasteiger partial charge in [-0.15, -0.1) is 0 Å². The minimum absolute atomic E-state index is 0.141. The molecule has 0 aromatic carbocycles. The first-order valence-corrected chi connectivity index (χ1v) is 4.61. The molecule has 1 saturated heterocycles. The smallest absolute Gasteiger partial charge is 0.305 e. The molecule has 0 radical (unpaired) electrons. The second-order valence-corrected chi connectivity index (χ2v) is 3.73. The fraction of sp³-hybridized carbons (Fsp3) is 0.778. The van der Waals surface area contributed by atoms with E-state index in [0.29, 0.717) is 26.1 Å². The molecule has 78 valence electrons. The molecule has 0 spiro atoms. The Morgan fingerprint density at radius 2 is 2.36 bits per heavy atom. The van der Waals surface area contributed by atoms with Crippen molar-refractivity contribution in [1.29, 1.82) is 5.26 Å². The number of nitrogens with one attached hydrogen (secondary N) is 1. The van der Waals surface area contributed by atoms with Crippen LogP contribution in [0.4, 0.5) is 0 Å². The Hall–Kier alpha value is -1.12. The van der Waals surface area contributed by atoms with Gasteiger partial charge in [-0.25, -0.2) is 0 Å². The molecule has 1 aliphatic rings. The number of hydrogen-bond donors (Lipinski definition) is 2. The number of nitriles is 1. The molecule has 0 bridgehead atoms. The second-order valence-electron chi connectivity index (χ2n) is 3.73. The Morgan fingerprint density at radius 1 is 1.71 bits per heavy atom. The summed E-state index contributed by atoms with van der Waals surface area (Å²) >= 11 is 0. The lowest BCUT2D eigenvalue weighted by Crippen LogP contribution is -2.68. The number of aliphatic carboxylic acids is 1. The minimum atomic E-state index is -0.782. The van der Waals surface area contributed by atoms with Gasteiger partial charge in [-0.1, -0.05) is 0 Å². The van der Waals surface area contributed by atoms with Gasteiger partial charge < -0.3 is 10.4 Å². The van der Waals surface area contributed by atoms with E-state index in [2.05, 4.69) is 11.4 Å². The highest BCUT2D eigenvalue weighted by Gasteiger charge is 2.42. The fourth-order valence-corrected chi connectivity index (χ4v) is 1.68. The van der Waals surface area contributed by atoms with Gasteiger partial charge >= 0.3 is 5.97 Å². The third-order valence-corrected chi connectivity index (χ3v) is 2.76. The van der Waals surface area contributed by atoms with Crippen molar-refractivity contribution in [3.05, 3.63) is 0 Å². The molecule has 0 atom stereocenters. The van der Waals surface area contributed by atoms with Crippen LogP contribution in [0.3, 0.4) is 0 Å². The molecule has 1 aliphatic heterocycles. The summed E-state index contributed by atoms with van der Waals surface area (Å²) in [6.07, 6.45) is 0.583. The number of likely N-dealkylation sites (N-methyl/N-ethyl adjacent to an activating group) is 1. The topological polar surface area (TPSA) is 76.4 Å². The summed E-state index contributed by atoms with van der Waals surface area (Å²) < 4.78 is 0. The molecule has 0 unspecified atom stereocenters. The number of nitrogens with zero attached hydrogens (tertiary/aromatic N) is 2. The largest absolute Gasteiger partial charge is 0.481 e. The summed E-state index contributed by atoms with van der Waals surface area (Å²) in [5.74, 6) is -0.782. The Bertz CT molecular complexity index is 255. The summed E-state index contributed by atoms with van der Waals surface area (Å²) in [5, 5.41) is 20.3. The normalized spacial score (nSPS) is 18.6. The van der Waals surface area contributed by atoms with E-state index < -0.39 is 5.97 Å². The van der Waals surface area contributed by atoms with E-state index in [-0.39, 0.29) is 12.0 Å². The van der Waals surface area contributed by atoms with Crippen LogP contribution in [0.15, 0.2) is 0 Å². The van der Waals surface area contributed by atoms with Crippen LogP contribution in [0.1, 0.15) is 12.8 Å². The monoisotopic (exact) mass is 197 g/mol. The first-order valence-electron chi connectivity index (χ1n) is 4.61. The molecule has 2 N–H and O–H groups in total. The van der Waals surface area contributed by atoms with Gasteiger partial charge in [0.1, 0.15) is 0 Å². The van der Waals surface area contributed by atoms with Crippen molar-refractivity contribution in [1.82, 2.24) is 10.2 Å². The fourth-order valence-electron chi connectivity index (χ4n) is 1.68. The van der Waals surface area contributed by atoms with Crippen molar-refractivity contribution in [3.8, 4) is 6.07 Å². The van der Waals surface area contributed by atoms with Crippen molar-refractivity contribution in [3.63, 3.8) is 0 Å². The Kier molecular flexibility index (Phi) is 3.44. The highest BCUT2D eigenvalue weighted by atomic mass is 16.4. The molecule has 5 heteroatoms. The first-order chi connectivity index (χ1) is 6.60. The van der Waals surface area contributed by atoms with Gasteiger partial charge in [-0.2, -0.15) is 5.26 Å². The summed E-state index contributed by atoms with van der Waals surface area (Å²) in [6.45, 7) is 2.02. The zero-order chi connectivity index (χ0) is 10.6. The molecule has 1 heterocycles. The highest BCUT2D eigenvalue weighted by Crippen LogP contribution is 2.23. The molecule has 0 aromatic rings. The zero-order valence-corrected chi connectivity index (χ0v) is 8.29. The van der Waals surface area contributed by atoms with Crippen LogP contribution >= 0.6 is 0 Å². The number of rotatable bonds is 5. The second kappa shape index (κ2) is 4.40. The van der Waals surface area contributed by atoms with Crippen LogP contribution in [-0.2, 0) is 4.79 Å². The van der Waals surface area contributed by atoms with Gasteiger partial charge in [0.15, 0.2) is 0 Å². The van der Waals surface area contributed by atoms with E-state index in [1.807, 2.05) is 11.9 Å². The zero-order valence-electron chi connectivity index (χ0n) is 8.29. The van der Waals surface area contributed by atoms with E-state index in [1.165, 1.54) is 0 Å². The predicted octanol–water partition coefficient (Wildman–Crippen LogP) is -0.351. The van der Waals surface area contributed by atoms with Crippen LogP contribution in [0.5, 0.6) is 0 Å². The van der Waals surface area contributed by atoms with Crippen molar-refractivity contribution >= 4 is 5.97 Å². The van der Waals surface area contributed by atoms with Crippen LogP contribution in [0, 0.1) is 11.3 Å². The highest BCUT2D eigenvalue weighted by molar-refractivity contribution is 5.68. The maximum Gasteiger partial charge on any atom is 0.305 e. The number of carbonyl (C=O) groups is 1. The first kappa shape index (κ1) is 11.0. The summed E-state index contributed by atoms with van der Waals surface area (Å²) in [4.78, 5) is 12.6. The Labute approximate surface area is 83.3 Å². The van der Waals surface area contributed by atoms with Crippen LogP contribution < -0.4 is 5.32 Å². The summed E-state index contributed by atoms with van der Waals surface area (Å²) in [7, 11) is 1.88. The van der Waals surface area contributed by atoms with Crippen LogP contribution in [0.2, 0.25) is 0 Å². The van der Waals surface area contributed by atoms with Gasteiger partial charge in [0.2, 0.25) is 0 Å². The third kappa shape index (κ3) is 2.22. The number of carboxylic acids is 1.